The third-order valence-electron chi connectivity index (χ3n) is 2.10. The first-order valence-corrected chi connectivity index (χ1v) is 4.71. The smallest absolute Gasteiger partial charge is 0.132 e. The van der Waals surface area contributed by atoms with Gasteiger partial charge in [0.05, 0.1) is 13.2 Å². The van der Waals surface area contributed by atoms with E-state index in [1.165, 1.54) is 13.2 Å². The Hall–Kier alpha value is -1.13. The quantitative estimate of drug-likeness (QED) is 0.821. The van der Waals surface area contributed by atoms with Crippen LogP contribution in [-0.2, 0) is 0 Å². The maximum atomic E-state index is 13.5. The zero-order chi connectivity index (χ0) is 11.4. The molecule has 1 unspecified atom stereocenters. The predicted octanol–water partition coefficient (Wildman–Crippen LogP) is 1.43. The molecule has 0 aliphatic carbocycles. The number of methoxy groups -OCH3 is 1. The fourth-order valence-corrected chi connectivity index (χ4v) is 1.35. The molecule has 1 N–H and O–H groups in total. The van der Waals surface area contributed by atoms with Crippen molar-refractivity contribution in [2.24, 2.45) is 0 Å². The number of halogens is 1. The molecule has 1 aromatic carbocycles. The van der Waals surface area contributed by atoms with Crippen molar-refractivity contribution in [3.8, 4) is 5.75 Å². The Labute approximate surface area is 89.1 Å². The number of rotatable bonds is 4. The highest BCUT2D eigenvalue weighted by Gasteiger charge is 2.13. The molecule has 0 aliphatic rings. The number of nitrogens with zero attached hydrogens (tertiary/aromatic N) is 1. The van der Waals surface area contributed by atoms with Crippen LogP contribution in [0.25, 0.3) is 0 Å². The highest BCUT2D eigenvalue weighted by molar-refractivity contribution is 5.30. The van der Waals surface area contributed by atoms with Crippen molar-refractivity contribution in [1.29, 1.82) is 0 Å². The highest BCUT2D eigenvalue weighted by Crippen LogP contribution is 2.22. The predicted molar refractivity (Wildman–Crippen MR) is 56.5 cm³/mol. The van der Waals surface area contributed by atoms with E-state index in [0.717, 1.165) is 0 Å². The number of aliphatic hydroxyl groups is 1. The maximum absolute atomic E-state index is 13.5. The van der Waals surface area contributed by atoms with E-state index in [4.69, 9.17) is 4.74 Å². The third kappa shape index (κ3) is 3.18. The van der Waals surface area contributed by atoms with Crippen LogP contribution in [0.4, 0.5) is 4.39 Å². The Morgan fingerprint density at radius 2 is 2.13 bits per heavy atom. The van der Waals surface area contributed by atoms with Crippen molar-refractivity contribution in [1.82, 2.24) is 4.90 Å². The summed E-state index contributed by atoms with van der Waals surface area (Å²) < 4.78 is 18.4. The molecule has 1 aromatic rings. The number of ether oxygens (including phenoxy) is 1. The number of benzene rings is 1. The topological polar surface area (TPSA) is 32.7 Å². The molecule has 3 nitrogen and oxygen atoms in total. The number of hydrogen-bond acceptors (Lipinski definition) is 3. The van der Waals surface area contributed by atoms with Gasteiger partial charge in [0, 0.05) is 18.2 Å². The van der Waals surface area contributed by atoms with E-state index in [0.29, 0.717) is 17.9 Å². The lowest BCUT2D eigenvalue weighted by atomic mass is 10.1. The van der Waals surface area contributed by atoms with Gasteiger partial charge in [0.25, 0.3) is 0 Å². The van der Waals surface area contributed by atoms with Crippen molar-refractivity contribution in [2.75, 3.05) is 27.7 Å². The number of likely N-dealkylation sites (N-methyl/N-ethyl adjacent to an activating group) is 1. The number of hydrogen-bond donors (Lipinski definition) is 1. The van der Waals surface area contributed by atoms with Crippen LogP contribution in [0.15, 0.2) is 18.2 Å². The molecule has 0 bridgehead atoms. The molecule has 84 valence electrons. The van der Waals surface area contributed by atoms with Crippen LogP contribution >= 0.6 is 0 Å². The minimum absolute atomic E-state index is 0.296. The highest BCUT2D eigenvalue weighted by atomic mass is 19.1. The summed E-state index contributed by atoms with van der Waals surface area (Å²) in [7, 11) is 5.12. The Morgan fingerprint density at radius 3 is 2.60 bits per heavy atom. The molecule has 0 saturated heterocycles. The van der Waals surface area contributed by atoms with Gasteiger partial charge in [-0.05, 0) is 26.2 Å². The van der Waals surface area contributed by atoms with E-state index >= 15 is 0 Å². The summed E-state index contributed by atoms with van der Waals surface area (Å²) in [6.07, 6.45) is -0.814. The Kier molecular flexibility index (Phi) is 4.05. The van der Waals surface area contributed by atoms with Crippen LogP contribution in [0.5, 0.6) is 5.75 Å². The van der Waals surface area contributed by atoms with E-state index in [1.54, 1.807) is 17.0 Å². The normalized spacial score (nSPS) is 12.9. The molecule has 0 amide bonds. The van der Waals surface area contributed by atoms with Gasteiger partial charge in [0.2, 0.25) is 0 Å². The van der Waals surface area contributed by atoms with Gasteiger partial charge in [0.1, 0.15) is 11.6 Å². The molecule has 0 aliphatic heterocycles. The van der Waals surface area contributed by atoms with Gasteiger partial charge in [-0.3, -0.25) is 0 Å². The molecule has 0 saturated carbocycles. The molecule has 0 spiro atoms. The number of aliphatic hydroxyl groups excluding tert-OH is 1. The SMILES string of the molecule is COc1ccc(C(O)CN(C)C)c(F)c1. The Morgan fingerprint density at radius 1 is 1.47 bits per heavy atom. The fourth-order valence-electron chi connectivity index (χ4n) is 1.35. The van der Waals surface area contributed by atoms with Crippen molar-refractivity contribution >= 4 is 0 Å². The summed E-state index contributed by atoms with van der Waals surface area (Å²) in [4.78, 5) is 1.80. The molecule has 0 fully saturated rings. The lowest BCUT2D eigenvalue weighted by molar-refractivity contribution is 0.134. The van der Waals surface area contributed by atoms with Crippen molar-refractivity contribution < 1.29 is 14.2 Å². The van der Waals surface area contributed by atoms with Gasteiger partial charge in [-0.2, -0.15) is 0 Å². The first-order chi connectivity index (χ1) is 7.04. The largest absolute Gasteiger partial charge is 0.497 e. The van der Waals surface area contributed by atoms with Gasteiger partial charge >= 0.3 is 0 Å². The Bertz CT molecular complexity index is 328. The van der Waals surface area contributed by atoms with E-state index in [9.17, 15) is 9.50 Å². The van der Waals surface area contributed by atoms with Gasteiger partial charge in [-0.15, -0.1) is 0 Å². The standard InChI is InChI=1S/C11H16FNO2/c1-13(2)7-11(14)9-5-4-8(15-3)6-10(9)12/h4-6,11,14H,7H2,1-3H3. The molecule has 1 atom stereocenters. The summed E-state index contributed by atoms with van der Waals surface area (Å²) in [6, 6.07) is 4.45. The minimum Gasteiger partial charge on any atom is -0.497 e. The van der Waals surface area contributed by atoms with E-state index < -0.39 is 11.9 Å². The summed E-state index contributed by atoms with van der Waals surface area (Å²) >= 11 is 0. The first kappa shape index (κ1) is 11.9. The van der Waals surface area contributed by atoms with Crippen LogP contribution in [-0.4, -0.2) is 37.8 Å². The molecular weight excluding hydrogens is 197 g/mol. The molecule has 0 heterocycles. The minimum atomic E-state index is -0.814. The van der Waals surface area contributed by atoms with Gasteiger partial charge < -0.3 is 14.7 Å². The molecule has 15 heavy (non-hydrogen) atoms. The average molecular weight is 213 g/mol. The third-order valence-corrected chi connectivity index (χ3v) is 2.10. The Balaban J connectivity index is 2.85. The lowest BCUT2D eigenvalue weighted by Gasteiger charge is -2.17. The zero-order valence-corrected chi connectivity index (χ0v) is 9.20. The van der Waals surface area contributed by atoms with Crippen LogP contribution in [0, 0.1) is 5.82 Å². The fraction of sp³-hybridized carbons (Fsp3) is 0.455. The van der Waals surface area contributed by atoms with Crippen LogP contribution in [0.2, 0.25) is 0 Å². The molecular formula is C11H16FNO2. The molecule has 4 heteroatoms. The zero-order valence-electron chi connectivity index (χ0n) is 9.20. The average Bonchev–Trinajstić information content (AvgIpc) is 2.16. The summed E-state index contributed by atoms with van der Waals surface area (Å²) in [5.74, 6) is 0.0111. The second-order valence-corrected chi connectivity index (χ2v) is 3.67. The molecule has 0 aromatic heterocycles. The van der Waals surface area contributed by atoms with E-state index in [1.807, 2.05) is 14.1 Å². The monoisotopic (exact) mass is 213 g/mol. The van der Waals surface area contributed by atoms with Gasteiger partial charge in [0.15, 0.2) is 0 Å². The first-order valence-electron chi connectivity index (χ1n) is 4.71. The molecule has 1 rings (SSSR count). The maximum Gasteiger partial charge on any atom is 0.132 e. The van der Waals surface area contributed by atoms with Gasteiger partial charge in [-0.1, -0.05) is 0 Å². The van der Waals surface area contributed by atoms with Crippen LogP contribution < -0.4 is 4.74 Å². The van der Waals surface area contributed by atoms with Crippen LogP contribution in [0.3, 0.4) is 0 Å². The second kappa shape index (κ2) is 5.09. The van der Waals surface area contributed by atoms with E-state index in [-0.39, 0.29) is 0 Å². The lowest BCUT2D eigenvalue weighted by Crippen LogP contribution is -2.20. The summed E-state index contributed by atoms with van der Waals surface area (Å²) in [6.45, 7) is 0.392. The molecule has 0 radical (unpaired) electrons. The van der Waals surface area contributed by atoms with Gasteiger partial charge in [-0.25, -0.2) is 4.39 Å². The van der Waals surface area contributed by atoms with Crippen molar-refractivity contribution in [3.05, 3.63) is 29.6 Å². The van der Waals surface area contributed by atoms with Crippen molar-refractivity contribution in [3.63, 3.8) is 0 Å². The summed E-state index contributed by atoms with van der Waals surface area (Å²) in [5.41, 5.74) is 0.296. The second-order valence-electron chi connectivity index (χ2n) is 3.67. The van der Waals surface area contributed by atoms with E-state index in [2.05, 4.69) is 0 Å². The van der Waals surface area contributed by atoms with Crippen LogP contribution in [0.1, 0.15) is 11.7 Å². The summed E-state index contributed by atoms with van der Waals surface area (Å²) in [5, 5.41) is 9.71. The van der Waals surface area contributed by atoms with Crippen molar-refractivity contribution in [2.45, 2.75) is 6.10 Å².